The number of para-hydroxylation sites is 1. The van der Waals surface area contributed by atoms with E-state index in [1.165, 1.54) is 18.2 Å². The number of esters is 1. The second kappa shape index (κ2) is 5.96. The quantitative estimate of drug-likeness (QED) is 0.604. The third-order valence-electron chi connectivity index (χ3n) is 1.69. The molecule has 0 fully saturated rings. The molecule has 18 heavy (non-hydrogen) atoms. The molecule has 0 amide bonds. The van der Waals surface area contributed by atoms with E-state index in [2.05, 4.69) is 21.3 Å². The second-order valence-corrected chi connectivity index (χ2v) is 3.01. The molecule has 0 aliphatic heterocycles. The number of hydrogen-bond donors (Lipinski definition) is 0. The molecule has 6 heteroatoms. The van der Waals surface area contributed by atoms with Gasteiger partial charge in [0.1, 0.15) is 5.75 Å². The van der Waals surface area contributed by atoms with Crippen molar-refractivity contribution in [2.45, 2.75) is 13.3 Å². The van der Waals surface area contributed by atoms with E-state index in [0.29, 0.717) is 0 Å². The molecular weight excluding hydrogens is 249 g/mol. The van der Waals surface area contributed by atoms with Gasteiger partial charge in [0.05, 0.1) is 12.2 Å². The van der Waals surface area contributed by atoms with Crippen molar-refractivity contribution in [3.63, 3.8) is 0 Å². The average Bonchev–Trinajstić information content (AvgIpc) is 2.26. The van der Waals surface area contributed by atoms with Crippen LogP contribution in [0.15, 0.2) is 24.3 Å². The number of alkyl halides is 3. The van der Waals surface area contributed by atoms with Crippen LogP contribution < -0.4 is 4.74 Å². The Balaban J connectivity index is 2.92. The Morgan fingerprint density at radius 1 is 1.33 bits per heavy atom. The van der Waals surface area contributed by atoms with Crippen molar-refractivity contribution in [1.82, 2.24) is 0 Å². The molecule has 0 atom stereocenters. The molecule has 1 aromatic rings. The summed E-state index contributed by atoms with van der Waals surface area (Å²) in [5.74, 6) is 3.08. The van der Waals surface area contributed by atoms with Crippen LogP contribution in [0, 0.1) is 11.8 Å². The first-order valence-corrected chi connectivity index (χ1v) is 4.96. The van der Waals surface area contributed by atoms with Crippen molar-refractivity contribution >= 4 is 5.97 Å². The SMILES string of the molecule is CCOC(=O)C#Cc1ccccc1OC(F)(F)F. The predicted molar refractivity (Wildman–Crippen MR) is 56.6 cm³/mol. The van der Waals surface area contributed by atoms with Gasteiger partial charge in [-0.25, -0.2) is 4.79 Å². The third kappa shape index (κ3) is 4.78. The van der Waals surface area contributed by atoms with Crippen LogP contribution in [0.4, 0.5) is 13.2 Å². The normalized spacial score (nSPS) is 10.2. The minimum atomic E-state index is -4.80. The molecule has 0 aromatic heterocycles. The Bertz CT molecular complexity index is 483. The molecule has 1 aromatic carbocycles. The fourth-order valence-corrected chi connectivity index (χ4v) is 1.07. The van der Waals surface area contributed by atoms with Crippen molar-refractivity contribution in [3.8, 4) is 17.6 Å². The summed E-state index contributed by atoms with van der Waals surface area (Å²) in [6, 6.07) is 5.28. The van der Waals surface area contributed by atoms with Gasteiger partial charge in [-0.15, -0.1) is 13.2 Å². The summed E-state index contributed by atoms with van der Waals surface area (Å²) in [4.78, 5) is 11.0. The first-order chi connectivity index (χ1) is 8.42. The predicted octanol–water partition coefficient (Wildman–Crippen LogP) is 2.50. The third-order valence-corrected chi connectivity index (χ3v) is 1.69. The maximum atomic E-state index is 12.1. The fourth-order valence-electron chi connectivity index (χ4n) is 1.07. The zero-order chi connectivity index (χ0) is 13.6. The van der Waals surface area contributed by atoms with Gasteiger partial charge in [0.25, 0.3) is 0 Å². The minimum Gasteiger partial charge on any atom is -0.456 e. The van der Waals surface area contributed by atoms with Crippen LogP contribution in [0.2, 0.25) is 0 Å². The van der Waals surface area contributed by atoms with Gasteiger partial charge in [0.2, 0.25) is 0 Å². The van der Waals surface area contributed by atoms with E-state index in [9.17, 15) is 18.0 Å². The van der Waals surface area contributed by atoms with E-state index >= 15 is 0 Å². The lowest BCUT2D eigenvalue weighted by Crippen LogP contribution is -2.17. The van der Waals surface area contributed by atoms with Crippen LogP contribution in [0.5, 0.6) is 5.75 Å². The van der Waals surface area contributed by atoms with Crippen LogP contribution >= 0.6 is 0 Å². The molecule has 0 aliphatic rings. The summed E-state index contributed by atoms with van der Waals surface area (Å²) in [5, 5.41) is 0. The molecule has 0 bridgehead atoms. The highest BCUT2D eigenvalue weighted by Crippen LogP contribution is 2.25. The lowest BCUT2D eigenvalue weighted by molar-refractivity contribution is -0.274. The summed E-state index contributed by atoms with van der Waals surface area (Å²) in [6.07, 6.45) is -4.80. The van der Waals surface area contributed by atoms with Crippen LogP contribution in [-0.2, 0) is 9.53 Å². The number of rotatable bonds is 2. The van der Waals surface area contributed by atoms with Crippen LogP contribution in [0.1, 0.15) is 12.5 Å². The van der Waals surface area contributed by atoms with E-state index in [1.54, 1.807) is 6.92 Å². The van der Waals surface area contributed by atoms with E-state index in [0.717, 1.165) is 6.07 Å². The lowest BCUT2D eigenvalue weighted by atomic mass is 10.2. The maximum absolute atomic E-state index is 12.1. The van der Waals surface area contributed by atoms with Gasteiger partial charge in [-0.1, -0.05) is 18.1 Å². The average molecular weight is 258 g/mol. The summed E-state index contributed by atoms with van der Waals surface area (Å²) >= 11 is 0. The number of benzene rings is 1. The minimum absolute atomic E-state index is 0.0390. The topological polar surface area (TPSA) is 35.5 Å². The van der Waals surface area contributed by atoms with E-state index in [1.807, 2.05) is 0 Å². The van der Waals surface area contributed by atoms with Crippen LogP contribution in [0.25, 0.3) is 0 Å². The van der Waals surface area contributed by atoms with Gasteiger partial charge in [0, 0.05) is 5.92 Å². The molecule has 0 radical (unpaired) electrons. The molecule has 0 saturated carbocycles. The monoisotopic (exact) mass is 258 g/mol. The number of ether oxygens (including phenoxy) is 2. The van der Waals surface area contributed by atoms with Gasteiger partial charge < -0.3 is 9.47 Å². The first kappa shape index (κ1) is 13.9. The molecular formula is C12H9F3O3. The molecule has 3 nitrogen and oxygen atoms in total. The zero-order valence-corrected chi connectivity index (χ0v) is 9.38. The summed E-state index contributed by atoms with van der Waals surface area (Å²) in [7, 11) is 0. The number of halogens is 3. The first-order valence-electron chi connectivity index (χ1n) is 4.96. The molecule has 0 unspecified atom stereocenters. The molecule has 0 saturated heterocycles. The highest BCUT2D eigenvalue weighted by molar-refractivity contribution is 5.89. The lowest BCUT2D eigenvalue weighted by Gasteiger charge is -2.09. The smallest absolute Gasteiger partial charge is 0.456 e. The van der Waals surface area contributed by atoms with Crippen molar-refractivity contribution in [2.24, 2.45) is 0 Å². The highest BCUT2D eigenvalue weighted by atomic mass is 19.4. The summed E-state index contributed by atoms with van der Waals surface area (Å²) in [5.41, 5.74) is -0.0390. The van der Waals surface area contributed by atoms with E-state index < -0.39 is 18.1 Å². The molecule has 0 spiro atoms. The number of carbonyl (C=O) groups is 1. The Hall–Kier alpha value is -2.16. The number of hydrogen-bond acceptors (Lipinski definition) is 3. The summed E-state index contributed by atoms with van der Waals surface area (Å²) in [6.45, 7) is 1.74. The fraction of sp³-hybridized carbons (Fsp3) is 0.250. The summed E-state index contributed by atoms with van der Waals surface area (Å²) < 4.78 is 44.5. The van der Waals surface area contributed by atoms with Crippen LogP contribution in [0.3, 0.4) is 0 Å². The Kier molecular flexibility index (Phi) is 4.60. The largest absolute Gasteiger partial charge is 0.573 e. The highest BCUT2D eigenvalue weighted by Gasteiger charge is 2.31. The van der Waals surface area contributed by atoms with Gasteiger partial charge in [-0.2, -0.15) is 0 Å². The van der Waals surface area contributed by atoms with Gasteiger partial charge >= 0.3 is 12.3 Å². The Labute approximate surface area is 102 Å². The second-order valence-electron chi connectivity index (χ2n) is 3.01. The standard InChI is InChI=1S/C12H9F3O3/c1-2-17-11(16)8-7-9-5-3-4-6-10(9)18-12(13,14)15/h3-6H,2H2,1H3. The zero-order valence-electron chi connectivity index (χ0n) is 9.38. The molecule has 0 heterocycles. The Morgan fingerprint density at radius 3 is 2.61 bits per heavy atom. The van der Waals surface area contributed by atoms with E-state index in [4.69, 9.17) is 0 Å². The van der Waals surface area contributed by atoms with Gasteiger partial charge in [-0.3, -0.25) is 0 Å². The number of carbonyl (C=O) groups excluding carboxylic acids is 1. The van der Waals surface area contributed by atoms with Gasteiger partial charge in [-0.05, 0) is 19.1 Å². The molecule has 0 aliphatic carbocycles. The molecule has 96 valence electrons. The molecule has 1 rings (SSSR count). The van der Waals surface area contributed by atoms with Gasteiger partial charge in [0.15, 0.2) is 0 Å². The van der Waals surface area contributed by atoms with Crippen LogP contribution in [-0.4, -0.2) is 18.9 Å². The van der Waals surface area contributed by atoms with E-state index in [-0.39, 0.29) is 12.2 Å². The maximum Gasteiger partial charge on any atom is 0.573 e. The van der Waals surface area contributed by atoms with Crippen molar-refractivity contribution in [1.29, 1.82) is 0 Å². The van der Waals surface area contributed by atoms with Crippen molar-refractivity contribution in [3.05, 3.63) is 29.8 Å². The molecule has 0 N–H and O–H groups in total. The Morgan fingerprint density at radius 2 is 2.00 bits per heavy atom. The van der Waals surface area contributed by atoms with Crippen molar-refractivity contribution in [2.75, 3.05) is 6.61 Å². The van der Waals surface area contributed by atoms with Crippen molar-refractivity contribution < 1.29 is 27.4 Å².